The Kier molecular flexibility index (Phi) is 8.70. The van der Waals surface area contributed by atoms with Gasteiger partial charge >= 0.3 is 0 Å². The fourth-order valence-electron chi connectivity index (χ4n) is 4.23. The third kappa shape index (κ3) is 6.85. The maximum atomic E-state index is 13.6. The average Bonchev–Trinajstić information content (AvgIpc) is 3.41. The largest absolute Gasteiger partial charge is 0.353 e. The number of ether oxygens (including phenoxy) is 2. The monoisotopic (exact) mass is 541 g/mol. The Labute approximate surface area is 230 Å². The van der Waals surface area contributed by atoms with Gasteiger partial charge in [0.25, 0.3) is 0 Å². The molecule has 204 valence electrons. The van der Waals surface area contributed by atoms with E-state index in [9.17, 15) is 9.18 Å². The molecule has 1 fully saturated rings. The van der Waals surface area contributed by atoms with Crippen molar-refractivity contribution < 1.29 is 18.7 Å². The van der Waals surface area contributed by atoms with Gasteiger partial charge in [-0.05, 0) is 35.9 Å². The zero-order chi connectivity index (χ0) is 27.7. The van der Waals surface area contributed by atoms with Crippen LogP contribution in [0, 0.1) is 23.1 Å². The highest BCUT2D eigenvalue weighted by atomic mass is 19.1. The van der Waals surface area contributed by atoms with Crippen LogP contribution in [0.5, 0.6) is 0 Å². The number of aromatic nitrogens is 4. The molecule has 3 heterocycles. The van der Waals surface area contributed by atoms with Crippen LogP contribution in [0.15, 0.2) is 66.9 Å². The molecule has 0 aliphatic carbocycles. The molecule has 1 aliphatic heterocycles. The molecule has 0 unspecified atom stereocenters. The summed E-state index contributed by atoms with van der Waals surface area (Å²) in [5.41, 5.74) is 3.52. The number of imidazole rings is 1. The summed E-state index contributed by atoms with van der Waals surface area (Å²) < 4.78 is 25.3. The Hall–Kier alpha value is -4.66. The molecular weight excluding hydrogens is 513 g/mol. The summed E-state index contributed by atoms with van der Waals surface area (Å²) in [6, 6.07) is 19.6. The van der Waals surface area contributed by atoms with Crippen molar-refractivity contribution in [1.29, 1.82) is 5.26 Å². The zero-order valence-electron chi connectivity index (χ0n) is 21.6. The number of anilines is 1. The second-order valence-corrected chi connectivity index (χ2v) is 9.22. The number of nitriles is 1. The summed E-state index contributed by atoms with van der Waals surface area (Å²) in [5.74, 6) is 0.0887. The van der Waals surface area contributed by atoms with E-state index < -0.39 is 12.2 Å². The first-order chi connectivity index (χ1) is 19.6. The molecule has 1 amide bonds. The number of hydrogen-bond donors (Lipinski definition) is 3. The molecule has 0 saturated carbocycles. The summed E-state index contributed by atoms with van der Waals surface area (Å²) in [5, 5.41) is 14.7. The Balaban J connectivity index is 1.27. The van der Waals surface area contributed by atoms with Crippen LogP contribution in [-0.4, -0.2) is 51.9 Å². The minimum atomic E-state index is -0.591. The van der Waals surface area contributed by atoms with Gasteiger partial charge in [0.15, 0.2) is 6.29 Å². The lowest BCUT2D eigenvalue weighted by atomic mass is 10.1. The first-order valence-corrected chi connectivity index (χ1v) is 12.9. The first-order valence-electron chi connectivity index (χ1n) is 12.9. The fraction of sp³-hybridized carbons (Fsp3) is 0.276. The standard InChI is InChI=1S/C29H28FN7O3/c30-22-9-7-20(8-10-22)26-27(23-11-14-33-29(35-23)32-13-4-12-31)37-24(36-26)15-25-39-17-21(18-40-25)28(38)34-16-19-5-2-1-3-6-19/h1-3,5-11,14,21,25H,4,13,15-18H2,(H,34,38)(H,36,37)(H,32,33,35). The van der Waals surface area contributed by atoms with E-state index in [1.165, 1.54) is 12.1 Å². The van der Waals surface area contributed by atoms with Crippen LogP contribution in [0.1, 0.15) is 17.8 Å². The molecule has 4 aromatic rings. The van der Waals surface area contributed by atoms with Crippen molar-refractivity contribution in [2.45, 2.75) is 25.7 Å². The summed E-state index contributed by atoms with van der Waals surface area (Å²) >= 11 is 0. The van der Waals surface area contributed by atoms with Crippen LogP contribution in [0.25, 0.3) is 22.6 Å². The van der Waals surface area contributed by atoms with Gasteiger partial charge in [-0.25, -0.2) is 19.3 Å². The van der Waals surface area contributed by atoms with Crippen LogP contribution in [0.4, 0.5) is 10.3 Å². The molecule has 2 aromatic carbocycles. The Bertz CT molecular complexity index is 1460. The second kappa shape index (κ2) is 12.9. The SMILES string of the molecule is N#CCCNc1nccc(-c2[nH]c(CC3OCC(C(=O)NCc4ccccc4)CO3)nc2-c2ccc(F)cc2)n1. The zero-order valence-corrected chi connectivity index (χ0v) is 21.6. The molecule has 1 saturated heterocycles. The van der Waals surface area contributed by atoms with Crippen molar-refractivity contribution in [3.05, 3.63) is 84.1 Å². The van der Waals surface area contributed by atoms with Crippen LogP contribution in [0.2, 0.25) is 0 Å². The number of nitrogens with one attached hydrogen (secondary N) is 3. The van der Waals surface area contributed by atoms with Gasteiger partial charge in [0.05, 0.1) is 55.1 Å². The maximum Gasteiger partial charge on any atom is 0.228 e. The maximum absolute atomic E-state index is 13.6. The Morgan fingerprint density at radius 2 is 1.85 bits per heavy atom. The van der Waals surface area contributed by atoms with Crippen molar-refractivity contribution in [3.63, 3.8) is 0 Å². The van der Waals surface area contributed by atoms with E-state index in [0.29, 0.717) is 60.3 Å². The first kappa shape index (κ1) is 26.9. The predicted octanol–water partition coefficient (Wildman–Crippen LogP) is 3.85. The molecule has 0 spiro atoms. The van der Waals surface area contributed by atoms with Gasteiger partial charge in [-0.3, -0.25) is 4.79 Å². The van der Waals surface area contributed by atoms with Crippen molar-refractivity contribution in [2.75, 3.05) is 25.1 Å². The van der Waals surface area contributed by atoms with Gasteiger partial charge in [0.2, 0.25) is 11.9 Å². The van der Waals surface area contributed by atoms with E-state index in [1.807, 2.05) is 30.3 Å². The third-order valence-corrected chi connectivity index (χ3v) is 6.31. The van der Waals surface area contributed by atoms with Crippen LogP contribution >= 0.6 is 0 Å². The number of amides is 1. The molecule has 10 nitrogen and oxygen atoms in total. The number of nitrogens with zero attached hydrogens (tertiary/aromatic N) is 4. The van der Waals surface area contributed by atoms with E-state index in [1.54, 1.807) is 24.4 Å². The van der Waals surface area contributed by atoms with E-state index in [2.05, 4.69) is 31.7 Å². The van der Waals surface area contributed by atoms with Crippen LogP contribution < -0.4 is 10.6 Å². The molecule has 5 rings (SSSR count). The number of halogens is 1. The number of rotatable bonds is 10. The van der Waals surface area contributed by atoms with Gasteiger partial charge in [0.1, 0.15) is 11.6 Å². The Morgan fingerprint density at radius 1 is 1.07 bits per heavy atom. The summed E-state index contributed by atoms with van der Waals surface area (Å²) in [6.07, 6.45) is 1.65. The minimum Gasteiger partial charge on any atom is -0.353 e. The molecule has 3 N–H and O–H groups in total. The van der Waals surface area contributed by atoms with E-state index in [4.69, 9.17) is 19.7 Å². The van der Waals surface area contributed by atoms with Gasteiger partial charge in [-0.1, -0.05) is 30.3 Å². The van der Waals surface area contributed by atoms with E-state index in [-0.39, 0.29) is 24.9 Å². The van der Waals surface area contributed by atoms with Gasteiger partial charge in [-0.15, -0.1) is 0 Å². The quantitative estimate of drug-likeness (QED) is 0.258. The highest BCUT2D eigenvalue weighted by Gasteiger charge is 2.29. The lowest BCUT2D eigenvalue weighted by molar-refractivity contribution is -0.201. The van der Waals surface area contributed by atoms with E-state index in [0.717, 1.165) is 5.56 Å². The van der Waals surface area contributed by atoms with Gasteiger partial charge in [-0.2, -0.15) is 5.26 Å². The number of carbonyl (C=O) groups is 1. The Morgan fingerprint density at radius 3 is 2.60 bits per heavy atom. The molecule has 40 heavy (non-hydrogen) atoms. The molecule has 2 aromatic heterocycles. The number of benzene rings is 2. The fourth-order valence-corrected chi connectivity index (χ4v) is 4.23. The summed E-state index contributed by atoms with van der Waals surface area (Å²) in [7, 11) is 0. The van der Waals surface area contributed by atoms with Crippen molar-refractivity contribution >= 4 is 11.9 Å². The lowest BCUT2D eigenvalue weighted by Gasteiger charge is -2.28. The van der Waals surface area contributed by atoms with Gasteiger partial charge < -0.3 is 25.1 Å². The minimum absolute atomic E-state index is 0.121. The molecular formula is C29H28FN7O3. The highest BCUT2D eigenvalue weighted by molar-refractivity contribution is 5.79. The molecule has 0 radical (unpaired) electrons. The normalized spacial score (nSPS) is 16.7. The van der Waals surface area contributed by atoms with Crippen molar-refractivity contribution in [3.8, 4) is 28.7 Å². The van der Waals surface area contributed by atoms with Gasteiger partial charge in [0, 0.05) is 24.8 Å². The second-order valence-electron chi connectivity index (χ2n) is 9.22. The van der Waals surface area contributed by atoms with Crippen LogP contribution in [0.3, 0.4) is 0 Å². The molecule has 11 heteroatoms. The number of hydrogen-bond acceptors (Lipinski definition) is 8. The highest BCUT2D eigenvalue weighted by Crippen LogP contribution is 2.30. The molecule has 0 atom stereocenters. The van der Waals surface area contributed by atoms with E-state index >= 15 is 0 Å². The lowest BCUT2D eigenvalue weighted by Crippen LogP contribution is -2.42. The predicted molar refractivity (Wildman–Crippen MR) is 145 cm³/mol. The number of carbonyl (C=O) groups excluding carboxylic acids is 1. The van der Waals surface area contributed by atoms with Crippen molar-refractivity contribution in [2.24, 2.45) is 5.92 Å². The summed E-state index contributed by atoms with van der Waals surface area (Å²) in [4.78, 5) is 29.4. The molecule has 0 bridgehead atoms. The van der Waals surface area contributed by atoms with Crippen molar-refractivity contribution in [1.82, 2.24) is 25.3 Å². The topological polar surface area (TPSA) is 138 Å². The summed E-state index contributed by atoms with van der Waals surface area (Å²) in [6.45, 7) is 1.32. The average molecular weight is 542 g/mol. The smallest absolute Gasteiger partial charge is 0.228 e. The number of H-pyrrole nitrogens is 1. The third-order valence-electron chi connectivity index (χ3n) is 6.31. The number of aromatic amines is 1. The molecule has 1 aliphatic rings. The van der Waals surface area contributed by atoms with Crippen LogP contribution in [-0.2, 0) is 27.2 Å².